The van der Waals surface area contributed by atoms with Crippen LogP contribution in [0, 0.1) is 5.82 Å². The molecule has 1 aromatic carbocycles. The second-order valence-electron chi connectivity index (χ2n) is 7.93. The fourth-order valence-electron chi connectivity index (χ4n) is 4.25. The van der Waals surface area contributed by atoms with E-state index in [0.29, 0.717) is 18.6 Å². The average Bonchev–Trinajstić information content (AvgIpc) is 2.67. The molecule has 1 atom stereocenters. The summed E-state index contributed by atoms with van der Waals surface area (Å²) in [7, 11) is 2.13. The minimum absolute atomic E-state index is 0. The number of nitrogens with one attached hydrogen (secondary N) is 1. The Morgan fingerprint density at radius 3 is 2.21 bits per heavy atom. The standard InChI is InChI=1S/C21H33FN4O.2ClH/c1-3-20(17-4-6-18(22)7-5-17)26-14-12-25(13-15-26)16-21(27)23-19-8-10-24(2)11-9-19;;/h4-7,19-20H,3,8-16H2,1-2H3,(H,23,27);2*1H. The van der Waals surface area contributed by atoms with Gasteiger partial charge in [-0.25, -0.2) is 4.39 Å². The van der Waals surface area contributed by atoms with Crippen LogP contribution in [-0.4, -0.2) is 79.5 Å². The Hall–Kier alpha value is -0.920. The van der Waals surface area contributed by atoms with Gasteiger partial charge < -0.3 is 10.2 Å². The molecule has 0 spiro atoms. The van der Waals surface area contributed by atoms with E-state index < -0.39 is 0 Å². The van der Waals surface area contributed by atoms with E-state index in [4.69, 9.17) is 0 Å². The third kappa shape index (κ3) is 7.68. The number of rotatable bonds is 6. The summed E-state index contributed by atoms with van der Waals surface area (Å²) in [6.45, 7) is 8.48. The molecule has 166 valence electrons. The van der Waals surface area contributed by atoms with Crippen LogP contribution in [0.1, 0.15) is 37.8 Å². The highest BCUT2D eigenvalue weighted by atomic mass is 35.5. The van der Waals surface area contributed by atoms with Crippen molar-refractivity contribution in [2.24, 2.45) is 0 Å². The number of hydrogen-bond acceptors (Lipinski definition) is 4. The molecule has 0 saturated carbocycles. The van der Waals surface area contributed by atoms with Crippen LogP contribution < -0.4 is 5.32 Å². The van der Waals surface area contributed by atoms with Gasteiger partial charge in [0.15, 0.2) is 0 Å². The van der Waals surface area contributed by atoms with E-state index in [-0.39, 0.29) is 36.5 Å². The molecule has 2 heterocycles. The van der Waals surface area contributed by atoms with E-state index >= 15 is 0 Å². The zero-order chi connectivity index (χ0) is 19.2. The molecule has 2 aliphatic heterocycles. The Bertz CT molecular complexity index is 603. The molecule has 8 heteroatoms. The molecule has 1 amide bonds. The predicted octanol–water partition coefficient (Wildman–Crippen LogP) is 2.95. The lowest BCUT2D eigenvalue weighted by atomic mass is 10.0. The summed E-state index contributed by atoms with van der Waals surface area (Å²) in [6.07, 6.45) is 3.10. The number of likely N-dealkylation sites (tertiary alicyclic amines) is 1. The third-order valence-corrected chi connectivity index (χ3v) is 5.94. The maximum Gasteiger partial charge on any atom is 0.234 e. The molecule has 0 aromatic heterocycles. The molecule has 1 N–H and O–H groups in total. The van der Waals surface area contributed by atoms with Gasteiger partial charge in [0.25, 0.3) is 0 Å². The van der Waals surface area contributed by atoms with Crippen LogP contribution in [0.3, 0.4) is 0 Å². The molecule has 0 aliphatic carbocycles. The van der Waals surface area contributed by atoms with Gasteiger partial charge in [-0.1, -0.05) is 19.1 Å². The molecule has 5 nitrogen and oxygen atoms in total. The van der Waals surface area contributed by atoms with Crippen molar-refractivity contribution in [3.05, 3.63) is 35.6 Å². The summed E-state index contributed by atoms with van der Waals surface area (Å²) in [5, 5.41) is 3.21. The summed E-state index contributed by atoms with van der Waals surface area (Å²) in [4.78, 5) is 19.4. The Morgan fingerprint density at radius 2 is 1.66 bits per heavy atom. The summed E-state index contributed by atoms with van der Waals surface area (Å²) in [5.74, 6) is -0.0300. The molecule has 2 saturated heterocycles. The highest BCUT2D eigenvalue weighted by molar-refractivity contribution is 5.85. The number of hydrogen-bond donors (Lipinski definition) is 1. The fourth-order valence-corrected chi connectivity index (χ4v) is 4.25. The van der Waals surface area contributed by atoms with E-state index in [0.717, 1.165) is 58.5 Å². The van der Waals surface area contributed by atoms with Crippen LogP contribution in [0.2, 0.25) is 0 Å². The number of halogens is 3. The zero-order valence-corrected chi connectivity index (χ0v) is 19.1. The van der Waals surface area contributed by atoms with Gasteiger partial charge in [-0.3, -0.25) is 14.6 Å². The first-order chi connectivity index (χ1) is 13.0. The van der Waals surface area contributed by atoms with Gasteiger partial charge in [0.1, 0.15) is 5.82 Å². The number of benzene rings is 1. The lowest BCUT2D eigenvalue weighted by Gasteiger charge is -2.39. The molecule has 2 aliphatic rings. The van der Waals surface area contributed by atoms with Crippen LogP contribution in [-0.2, 0) is 4.79 Å². The van der Waals surface area contributed by atoms with Crippen molar-refractivity contribution in [3.8, 4) is 0 Å². The average molecular weight is 449 g/mol. The Labute approximate surface area is 186 Å². The van der Waals surface area contributed by atoms with Crippen LogP contribution in [0.15, 0.2) is 24.3 Å². The molecule has 0 radical (unpaired) electrons. The number of piperidine rings is 1. The first-order valence-electron chi connectivity index (χ1n) is 10.2. The smallest absolute Gasteiger partial charge is 0.234 e. The molecule has 0 bridgehead atoms. The third-order valence-electron chi connectivity index (χ3n) is 5.94. The van der Waals surface area contributed by atoms with E-state index in [1.165, 1.54) is 5.56 Å². The lowest BCUT2D eigenvalue weighted by molar-refractivity contribution is -0.123. The first-order valence-corrected chi connectivity index (χ1v) is 10.2. The van der Waals surface area contributed by atoms with E-state index in [1.54, 1.807) is 12.1 Å². The minimum Gasteiger partial charge on any atom is -0.352 e. The second kappa shape index (κ2) is 12.7. The zero-order valence-electron chi connectivity index (χ0n) is 17.5. The number of piperazine rings is 1. The number of amides is 1. The number of carbonyl (C=O) groups excluding carboxylic acids is 1. The van der Waals surface area contributed by atoms with Crippen LogP contribution in [0.5, 0.6) is 0 Å². The van der Waals surface area contributed by atoms with Crippen molar-refractivity contribution in [1.82, 2.24) is 20.0 Å². The maximum absolute atomic E-state index is 13.2. The van der Waals surface area contributed by atoms with Crippen molar-refractivity contribution in [1.29, 1.82) is 0 Å². The largest absolute Gasteiger partial charge is 0.352 e. The van der Waals surface area contributed by atoms with Crippen molar-refractivity contribution in [2.75, 3.05) is 52.9 Å². The Balaban J connectivity index is 0.00000210. The van der Waals surface area contributed by atoms with Crippen molar-refractivity contribution in [2.45, 2.75) is 38.3 Å². The van der Waals surface area contributed by atoms with E-state index in [1.807, 2.05) is 12.1 Å². The number of nitrogens with zero attached hydrogens (tertiary/aromatic N) is 3. The van der Waals surface area contributed by atoms with Crippen LogP contribution in [0.25, 0.3) is 0 Å². The van der Waals surface area contributed by atoms with Gasteiger partial charge in [-0.2, -0.15) is 0 Å². The highest BCUT2D eigenvalue weighted by Gasteiger charge is 2.26. The summed E-state index contributed by atoms with van der Waals surface area (Å²) in [5.41, 5.74) is 1.17. The van der Waals surface area contributed by atoms with Gasteiger partial charge >= 0.3 is 0 Å². The molecule has 2 fully saturated rings. The van der Waals surface area contributed by atoms with Crippen molar-refractivity contribution < 1.29 is 9.18 Å². The summed E-state index contributed by atoms with van der Waals surface area (Å²) < 4.78 is 13.2. The van der Waals surface area contributed by atoms with E-state index in [2.05, 4.69) is 34.0 Å². The topological polar surface area (TPSA) is 38.8 Å². The van der Waals surface area contributed by atoms with Crippen molar-refractivity contribution >= 4 is 30.7 Å². The Morgan fingerprint density at radius 1 is 1.07 bits per heavy atom. The maximum atomic E-state index is 13.2. The Kier molecular flexibility index (Phi) is 11.4. The molecule has 29 heavy (non-hydrogen) atoms. The van der Waals surface area contributed by atoms with Gasteiger partial charge in [0.05, 0.1) is 6.54 Å². The van der Waals surface area contributed by atoms with Crippen molar-refractivity contribution in [3.63, 3.8) is 0 Å². The summed E-state index contributed by atoms with van der Waals surface area (Å²) >= 11 is 0. The SMILES string of the molecule is CCC(c1ccc(F)cc1)N1CCN(CC(=O)NC2CCN(C)CC2)CC1.Cl.Cl. The lowest BCUT2D eigenvalue weighted by Crippen LogP contribution is -2.52. The fraction of sp³-hybridized carbons (Fsp3) is 0.667. The molecule has 3 rings (SSSR count). The highest BCUT2D eigenvalue weighted by Crippen LogP contribution is 2.25. The second-order valence-corrected chi connectivity index (χ2v) is 7.93. The normalized spacial score (nSPS) is 20.4. The van der Waals surface area contributed by atoms with Crippen LogP contribution in [0.4, 0.5) is 4.39 Å². The molecular formula is C21H35Cl2FN4O. The predicted molar refractivity (Wildman–Crippen MR) is 121 cm³/mol. The van der Waals surface area contributed by atoms with Gasteiger partial charge in [0, 0.05) is 38.3 Å². The molecule has 1 unspecified atom stereocenters. The quantitative estimate of drug-likeness (QED) is 0.725. The van der Waals surface area contributed by atoms with E-state index in [9.17, 15) is 9.18 Å². The number of carbonyl (C=O) groups is 1. The van der Waals surface area contributed by atoms with Crippen LogP contribution >= 0.6 is 24.8 Å². The first kappa shape index (κ1) is 26.1. The molecule has 1 aromatic rings. The monoisotopic (exact) mass is 448 g/mol. The van der Waals surface area contributed by atoms with Gasteiger partial charge in [-0.05, 0) is 57.1 Å². The summed E-state index contributed by atoms with van der Waals surface area (Å²) in [6, 6.07) is 7.53. The van der Waals surface area contributed by atoms with Gasteiger partial charge in [0.2, 0.25) is 5.91 Å². The van der Waals surface area contributed by atoms with Gasteiger partial charge in [-0.15, -0.1) is 24.8 Å². The molecular weight excluding hydrogens is 414 g/mol. The minimum atomic E-state index is -0.186.